The van der Waals surface area contributed by atoms with E-state index in [0.717, 1.165) is 54.2 Å². The topological polar surface area (TPSA) is 38.5 Å². The second-order valence-corrected chi connectivity index (χ2v) is 6.33. The molecule has 23 heavy (non-hydrogen) atoms. The molecule has 1 saturated heterocycles. The Morgan fingerprint density at radius 2 is 2.17 bits per heavy atom. The van der Waals surface area contributed by atoms with Crippen molar-refractivity contribution in [1.29, 1.82) is 0 Å². The first-order valence-corrected chi connectivity index (χ1v) is 8.03. The van der Waals surface area contributed by atoms with Crippen LogP contribution in [0.2, 0.25) is 0 Å². The zero-order valence-corrected chi connectivity index (χ0v) is 13.9. The molecule has 0 radical (unpaired) electrons. The number of likely N-dealkylation sites (tertiary alicyclic amines) is 1. The summed E-state index contributed by atoms with van der Waals surface area (Å²) in [5.74, 6) is 0.656. The number of aromatic nitrogens is 1. The summed E-state index contributed by atoms with van der Waals surface area (Å²) in [6, 6.07) is 4.98. The summed E-state index contributed by atoms with van der Waals surface area (Å²) < 4.78 is 24.6. The average molecular weight is 318 g/mol. The lowest BCUT2D eigenvalue weighted by molar-refractivity contribution is 0.0453. The van der Waals surface area contributed by atoms with Crippen LogP contribution in [0.5, 0.6) is 0 Å². The van der Waals surface area contributed by atoms with Gasteiger partial charge in [0.15, 0.2) is 0 Å². The van der Waals surface area contributed by atoms with Crippen LogP contribution in [0.1, 0.15) is 34.6 Å². The first-order valence-electron chi connectivity index (χ1n) is 8.03. The third-order valence-corrected chi connectivity index (χ3v) is 4.58. The van der Waals surface area contributed by atoms with E-state index in [9.17, 15) is 4.39 Å². The zero-order valence-electron chi connectivity index (χ0n) is 13.9. The Bertz CT molecular complexity index is 664. The molecule has 5 heteroatoms. The lowest BCUT2D eigenvalue weighted by atomic mass is 10.1. The van der Waals surface area contributed by atoms with Gasteiger partial charge in [0.1, 0.15) is 11.6 Å². The van der Waals surface area contributed by atoms with Gasteiger partial charge in [0, 0.05) is 25.2 Å². The highest BCUT2D eigenvalue weighted by Gasteiger charge is 2.24. The number of rotatable bonds is 5. The molecule has 0 N–H and O–H groups in total. The molecule has 124 valence electrons. The van der Waals surface area contributed by atoms with Crippen LogP contribution in [-0.2, 0) is 17.9 Å². The Hall–Kier alpha value is -1.72. The van der Waals surface area contributed by atoms with Gasteiger partial charge in [0.25, 0.3) is 0 Å². The van der Waals surface area contributed by atoms with Crippen molar-refractivity contribution in [3.63, 3.8) is 0 Å². The van der Waals surface area contributed by atoms with Gasteiger partial charge in [-0.3, -0.25) is 4.90 Å². The van der Waals surface area contributed by atoms with Gasteiger partial charge >= 0.3 is 0 Å². The van der Waals surface area contributed by atoms with E-state index in [-0.39, 0.29) is 11.9 Å². The molecule has 0 saturated carbocycles. The van der Waals surface area contributed by atoms with Crippen LogP contribution in [0.3, 0.4) is 0 Å². The summed E-state index contributed by atoms with van der Waals surface area (Å²) in [6.45, 7) is 9.03. The molecule has 0 bridgehead atoms. The molecule has 1 aromatic heterocycles. The Morgan fingerprint density at radius 1 is 1.35 bits per heavy atom. The van der Waals surface area contributed by atoms with Crippen molar-refractivity contribution in [2.45, 2.75) is 46.4 Å². The Kier molecular flexibility index (Phi) is 4.78. The number of nitrogens with zero attached hydrogens (tertiary/aromatic N) is 2. The molecule has 0 unspecified atom stereocenters. The molecule has 2 heterocycles. The molecular formula is C18H23FN2O2. The van der Waals surface area contributed by atoms with Crippen molar-refractivity contribution in [1.82, 2.24) is 10.1 Å². The second-order valence-electron chi connectivity index (χ2n) is 6.33. The van der Waals surface area contributed by atoms with Gasteiger partial charge in [-0.2, -0.15) is 0 Å². The van der Waals surface area contributed by atoms with E-state index in [1.807, 2.05) is 26.8 Å². The van der Waals surface area contributed by atoms with Crippen LogP contribution in [-0.4, -0.2) is 29.3 Å². The lowest BCUT2D eigenvalue weighted by Crippen LogP contribution is -2.23. The molecule has 0 aliphatic carbocycles. The second kappa shape index (κ2) is 6.81. The first kappa shape index (κ1) is 16.1. The number of hydrogen-bond acceptors (Lipinski definition) is 4. The van der Waals surface area contributed by atoms with Gasteiger partial charge in [-0.1, -0.05) is 11.2 Å². The molecule has 3 rings (SSSR count). The van der Waals surface area contributed by atoms with Crippen molar-refractivity contribution >= 4 is 0 Å². The highest BCUT2D eigenvalue weighted by atomic mass is 19.1. The minimum Gasteiger partial charge on any atom is -0.372 e. The fourth-order valence-electron chi connectivity index (χ4n) is 3.04. The van der Waals surface area contributed by atoms with Gasteiger partial charge < -0.3 is 9.26 Å². The molecule has 0 spiro atoms. The van der Waals surface area contributed by atoms with Crippen molar-refractivity contribution in [2.24, 2.45) is 0 Å². The standard InChI is InChI=1S/C18H23FN2O2/c1-12-4-5-16(19)8-15(12)9-21-7-6-17(10-21)22-11-18-13(2)20-23-14(18)3/h4-5,8,17H,6-7,9-11H2,1-3H3/t17-/m1/s1. The minimum absolute atomic E-state index is 0.170. The van der Waals surface area contributed by atoms with Crippen LogP contribution in [0.4, 0.5) is 4.39 Å². The van der Waals surface area contributed by atoms with E-state index < -0.39 is 0 Å². The van der Waals surface area contributed by atoms with E-state index in [2.05, 4.69) is 10.1 Å². The third kappa shape index (κ3) is 3.79. The Balaban J connectivity index is 1.53. The molecule has 1 aromatic carbocycles. The predicted octanol–water partition coefficient (Wildman–Crippen LogP) is 3.53. The van der Waals surface area contributed by atoms with E-state index >= 15 is 0 Å². The van der Waals surface area contributed by atoms with Crippen molar-refractivity contribution in [3.8, 4) is 0 Å². The number of aryl methyl sites for hydroxylation is 3. The summed E-state index contributed by atoms with van der Waals surface area (Å²) in [5, 5.41) is 3.95. The molecule has 1 aliphatic rings. The SMILES string of the molecule is Cc1ccc(F)cc1CN1CC[C@@H](OCc2c(C)noc2C)C1. The van der Waals surface area contributed by atoms with Crippen molar-refractivity contribution < 1.29 is 13.7 Å². The van der Waals surface area contributed by atoms with E-state index in [0.29, 0.717) is 6.61 Å². The third-order valence-electron chi connectivity index (χ3n) is 4.58. The molecule has 2 aromatic rings. The minimum atomic E-state index is -0.170. The average Bonchev–Trinajstić information content (AvgIpc) is 3.08. The van der Waals surface area contributed by atoms with E-state index in [1.165, 1.54) is 6.07 Å². The van der Waals surface area contributed by atoms with E-state index in [1.54, 1.807) is 6.07 Å². The highest BCUT2D eigenvalue weighted by Crippen LogP contribution is 2.21. The molecular weight excluding hydrogens is 295 g/mol. The lowest BCUT2D eigenvalue weighted by Gasteiger charge is -2.17. The summed E-state index contributed by atoms with van der Waals surface area (Å²) >= 11 is 0. The van der Waals surface area contributed by atoms with Crippen LogP contribution in [0, 0.1) is 26.6 Å². The van der Waals surface area contributed by atoms with Gasteiger partial charge in [-0.15, -0.1) is 0 Å². The van der Waals surface area contributed by atoms with Gasteiger partial charge in [-0.05, 0) is 50.5 Å². The van der Waals surface area contributed by atoms with Crippen LogP contribution >= 0.6 is 0 Å². The predicted molar refractivity (Wildman–Crippen MR) is 85.6 cm³/mol. The summed E-state index contributed by atoms with van der Waals surface area (Å²) in [5.41, 5.74) is 4.13. The smallest absolute Gasteiger partial charge is 0.139 e. The highest BCUT2D eigenvalue weighted by molar-refractivity contribution is 5.26. The molecule has 1 fully saturated rings. The Labute approximate surface area is 136 Å². The van der Waals surface area contributed by atoms with Crippen molar-refractivity contribution in [2.75, 3.05) is 13.1 Å². The summed E-state index contributed by atoms with van der Waals surface area (Å²) in [7, 11) is 0. The molecule has 1 aliphatic heterocycles. The Morgan fingerprint density at radius 3 is 2.91 bits per heavy atom. The molecule has 0 amide bonds. The van der Waals surface area contributed by atoms with Crippen LogP contribution in [0.25, 0.3) is 0 Å². The largest absolute Gasteiger partial charge is 0.372 e. The first-order chi connectivity index (χ1) is 11.0. The maximum Gasteiger partial charge on any atom is 0.139 e. The normalized spacial score (nSPS) is 18.7. The van der Waals surface area contributed by atoms with Gasteiger partial charge in [0.05, 0.1) is 18.4 Å². The maximum absolute atomic E-state index is 13.4. The zero-order chi connectivity index (χ0) is 16.4. The number of hydrogen-bond donors (Lipinski definition) is 0. The van der Waals surface area contributed by atoms with Gasteiger partial charge in [0.2, 0.25) is 0 Å². The monoisotopic (exact) mass is 318 g/mol. The summed E-state index contributed by atoms with van der Waals surface area (Å²) in [6.07, 6.45) is 1.20. The maximum atomic E-state index is 13.4. The quantitative estimate of drug-likeness (QED) is 0.845. The number of ether oxygens (including phenoxy) is 1. The number of halogens is 1. The fraction of sp³-hybridized carbons (Fsp3) is 0.500. The van der Waals surface area contributed by atoms with Crippen molar-refractivity contribution in [3.05, 3.63) is 52.2 Å². The van der Waals surface area contributed by atoms with Crippen LogP contribution < -0.4 is 0 Å². The number of benzene rings is 1. The van der Waals surface area contributed by atoms with E-state index in [4.69, 9.17) is 9.26 Å². The van der Waals surface area contributed by atoms with Crippen LogP contribution in [0.15, 0.2) is 22.7 Å². The molecule has 1 atom stereocenters. The summed E-state index contributed by atoms with van der Waals surface area (Å²) in [4.78, 5) is 2.32. The van der Waals surface area contributed by atoms with Gasteiger partial charge in [-0.25, -0.2) is 4.39 Å². The fourth-order valence-corrected chi connectivity index (χ4v) is 3.04. The molecule has 4 nitrogen and oxygen atoms in total.